The summed E-state index contributed by atoms with van der Waals surface area (Å²) in [6, 6.07) is 10.3. The second-order valence-electron chi connectivity index (χ2n) is 5.34. The van der Waals surface area contributed by atoms with E-state index in [0.29, 0.717) is 23.4 Å². The maximum Gasteiger partial charge on any atom is 0.264 e. The number of hydrogen-bond acceptors (Lipinski definition) is 5. The van der Waals surface area contributed by atoms with Gasteiger partial charge in [-0.2, -0.15) is 0 Å². The van der Waals surface area contributed by atoms with Crippen LogP contribution in [0.5, 0.6) is 5.75 Å². The highest BCUT2D eigenvalue weighted by Gasteiger charge is 2.31. The molecule has 0 saturated heterocycles. The van der Waals surface area contributed by atoms with Crippen molar-refractivity contribution in [3.8, 4) is 5.75 Å². The highest BCUT2D eigenvalue weighted by molar-refractivity contribution is 7.92. The van der Waals surface area contributed by atoms with Crippen LogP contribution in [0.2, 0.25) is 0 Å². The molecule has 2 aromatic carbocycles. The average molecular weight is 368 g/mol. The van der Waals surface area contributed by atoms with E-state index in [0.717, 1.165) is 0 Å². The molecule has 1 aliphatic heterocycles. The first-order chi connectivity index (χ1) is 11.2. The Kier molecular flexibility index (Phi) is 4.02. The molecule has 0 atom stereocenters. The molecule has 2 aromatic rings. The summed E-state index contributed by atoms with van der Waals surface area (Å²) >= 11 is 0. The molecule has 2 N–H and O–H groups in total. The average Bonchev–Trinajstić information content (AvgIpc) is 2.98. The molecule has 9 heteroatoms. The molecule has 0 saturated carbocycles. The van der Waals surface area contributed by atoms with Gasteiger partial charge in [0, 0.05) is 6.54 Å². The van der Waals surface area contributed by atoms with Crippen LogP contribution in [0.4, 0.5) is 5.69 Å². The Morgan fingerprint density at radius 1 is 1.00 bits per heavy atom. The summed E-state index contributed by atoms with van der Waals surface area (Å²) in [5.41, 5.74) is 1.11. The molecule has 0 amide bonds. The van der Waals surface area contributed by atoms with Gasteiger partial charge in [-0.25, -0.2) is 22.0 Å². The number of nitrogens with two attached hydrogens (primary N) is 1. The minimum Gasteiger partial charge on any atom is -0.497 e. The van der Waals surface area contributed by atoms with Gasteiger partial charge in [-0.1, -0.05) is 0 Å². The third-order valence-electron chi connectivity index (χ3n) is 3.88. The quantitative estimate of drug-likeness (QED) is 0.869. The van der Waals surface area contributed by atoms with Gasteiger partial charge in [0.1, 0.15) is 5.75 Å². The zero-order valence-corrected chi connectivity index (χ0v) is 14.5. The van der Waals surface area contributed by atoms with E-state index in [4.69, 9.17) is 9.88 Å². The Balaban J connectivity index is 2.00. The fourth-order valence-corrected chi connectivity index (χ4v) is 4.72. The van der Waals surface area contributed by atoms with E-state index >= 15 is 0 Å². The number of rotatable bonds is 4. The van der Waals surface area contributed by atoms with Crippen LogP contribution in [0.3, 0.4) is 0 Å². The van der Waals surface area contributed by atoms with E-state index in [1.165, 1.54) is 41.7 Å². The largest absolute Gasteiger partial charge is 0.497 e. The number of methoxy groups -OCH3 is 1. The predicted octanol–water partition coefficient (Wildman–Crippen LogP) is 1.09. The first-order valence-corrected chi connectivity index (χ1v) is 10.0. The lowest BCUT2D eigenvalue weighted by atomic mass is 10.2. The van der Waals surface area contributed by atoms with E-state index < -0.39 is 20.0 Å². The first kappa shape index (κ1) is 16.7. The summed E-state index contributed by atoms with van der Waals surface area (Å²) in [6.45, 7) is 0.248. The van der Waals surface area contributed by atoms with Crippen LogP contribution in [0.1, 0.15) is 5.56 Å². The molecule has 0 aliphatic carbocycles. The van der Waals surface area contributed by atoms with Crippen molar-refractivity contribution in [1.82, 2.24) is 0 Å². The maximum absolute atomic E-state index is 12.8. The summed E-state index contributed by atoms with van der Waals surface area (Å²) < 4.78 is 54.8. The normalized spacial score (nSPS) is 14.5. The van der Waals surface area contributed by atoms with Crippen LogP contribution in [-0.4, -0.2) is 30.5 Å². The van der Waals surface area contributed by atoms with Gasteiger partial charge in [-0.05, 0) is 54.4 Å². The molecule has 0 bridgehead atoms. The van der Waals surface area contributed by atoms with Gasteiger partial charge in [0.25, 0.3) is 10.0 Å². The van der Waals surface area contributed by atoms with Crippen LogP contribution in [0.25, 0.3) is 0 Å². The third-order valence-corrected chi connectivity index (χ3v) is 6.62. The molecule has 0 aromatic heterocycles. The van der Waals surface area contributed by atoms with Gasteiger partial charge in [0.2, 0.25) is 10.0 Å². The SMILES string of the molecule is COc1ccc(S(=O)(=O)N2CCc3cc(S(N)(=O)=O)ccc32)cc1. The highest BCUT2D eigenvalue weighted by atomic mass is 32.2. The van der Waals surface area contributed by atoms with Gasteiger partial charge in [0.05, 0.1) is 22.6 Å². The van der Waals surface area contributed by atoms with Crippen LogP contribution in [0, 0.1) is 0 Å². The van der Waals surface area contributed by atoms with Crippen LogP contribution in [0.15, 0.2) is 52.3 Å². The topological polar surface area (TPSA) is 107 Å². The predicted molar refractivity (Wildman–Crippen MR) is 89.0 cm³/mol. The second-order valence-corrected chi connectivity index (χ2v) is 8.76. The van der Waals surface area contributed by atoms with Crippen LogP contribution < -0.4 is 14.2 Å². The van der Waals surface area contributed by atoms with E-state index in [9.17, 15) is 16.8 Å². The molecule has 0 spiro atoms. The number of nitrogens with zero attached hydrogens (tertiary/aromatic N) is 1. The summed E-state index contributed by atoms with van der Waals surface area (Å²) in [4.78, 5) is 0.122. The molecule has 24 heavy (non-hydrogen) atoms. The van der Waals surface area contributed by atoms with Crippen molar-refractivity contribution in [2.24, 2.45) is 5.14 Å². The zero-order chi connectivity index (χ0) is 17.5. The molecule has 1 heterocycles. The van der Waals surface area contributed by atoms with Gasteiger partial charge in [0.15, 0.2) is 0 Å². The van der Waals surface area contributed by atoms with E-state index in [-0.39, 0.29) is 16.3 Å². The minimum absolute atomic E-state index is 0.0232. The maximum atomic E-state index is 12.8. The van der Waals surface area contributed by atoms with Crippen molar-refractivity contribution in [1.29, 1.82) is 0 Å². The van der Waals surface area contributed by atoms with E-state index in [1.807, 2.05) is 0 Å². The molecule has 0 unspecified atom stereocenters. The van der Waals surface area contributed by atoms with Crippen molar-refractivity contribution in [2.75, 3.05) is 18.0 Å². The lowest BCUT2D eigenvalue weighted by Gasteiger charge is -2.19. The number of ether oxygens (including phenoxy) is 1. The van der Waals surface area contributed by atoms with Gasteiger partial charge >= 0.3 is 0 Å². The standard InChI is InChI=1S/C15H16N2O5S2/c1-22-12-2-4-13(5-3-12)24(20,21)17-9-8-11-10-14(23(16,18)19)6-7-15(11)17/h2-7,10H,8-9H2,1H3,(H2,16,18,19). The first-order valence-electron chi connectivity index (χ1n) is 7.06. The second kappa shape index (κ2) is 5.76. The minimum atomic E-state index is -3.82. The molecule has 128 valence electrons. The van der Waals surface area contributed by atoms with Crippen molar-refractivity contribution < 1.29 is 21.6 Å². The van der Waals surface area contributed by atoms with Gasteiger partial charge in [-0.3, -0.25) is 4.31 Å². The van der Waals surface area contributed by atoms with Crippen LogP contribution >= 0.6 is 0 Å². The monoisotopic (exact) mass is 368 g/mol. The van der Waals surface area contributed by atoms with E-state index in [1.54, 1.807) is 12.1 Å². The highest BCUT2D eigenvalue weighted by Crippen LogP contribution is 2.34. The number of hydrogen-bond donors (Lipinski definition) is 1. The van der Waals surface area contributed by atoms with Crippen molar-refractivity contribution >= 4 is 25.7 Å². The Bertz CT molecular complexity index is 983. The number of primary sulfonamides is 1. The molecule has 0 fully saturated rings. The Morgan fingerprint density at radius 3 is 2.21 bits per heavy atom. The summed E-state index contributed by atoms with van der Waals surface area (Å²) in [5.74, 6) is 0.563. The number of sulfonamides is 2. The lowest BCUT2D eigenvalue weighted by Crippen LogP contribution is -2.29. The molecule has 0 radical (unpaired) electrons. The van der Waals surface area contributed by atoms with Crippen molar-refractivity contribution in [2.45, 2.75) is 16.2 Å². The van der Waals surface area contributed by atoms with Crippen LogP contribution in [-0.2, 0) is 26.5 Å². The van der Waals surface area contributed by atoms with E-state index in [2.05, 4.69) is 0 Å². The van der Waals surface area contributed by atoms with Crippen molar-refractivity contribution in [3.63, 3.8) is 0 Å². The number of benzene rings is 2. The molecule has 3 rings (SSSR count). The Hall–Kier alpha value is -2.10. The summed E-state index contributed by atoms with van der Waals surface area (Å²) in [6.07, 6.45) is 0.425. The third kappa shape index (κ3) is 2.85. The molecule has 1 aliphatic rings. The molecular weight excluding hydrogens is 352 g/mol. The van der Waals surface area contributed by atoms with Gasteiger partial charge < -0.3 is 4.74 Å². The lowest BCUT2D eigenvalue weighted by molar-refractivity contribution is 0.414. The zero-order valence-electron chi connectivity index (χ0n) is 12.8. The summed E-state index contributed by atoms with van der Waals surface area (Å²) in [5, 5.41) is 5.12. The molecular formula is C15H16N2O5S2. The number of fused-ring (bicyclic) bond motifs is 1. The smallest absolute Gasteiger partial charge is 0.264 e. The summed E-state index contributed by atoms with van der Waals surface area (Å²) in [7, 11) is -6.04. The van der Waals surface area contributed by atoms with Crippen molar-refractivity contribution in [3.05, 3.63) is 48.0 Å². The molecule has 7 nitrogen and oxygen atoms in total. The van der Waals surface area contributed by atoms with Gasteiger partial charge in [-0.15, -0.1) is 0 Å². The fraction of sp³-hybridized carbons (Fsp3) is 0.200. The Morgan fingerprint density at radius 2 is 1.62 bits per heavy atom. The number of anilines is 1. The Labute approximate surface area is 140 Å². The fourth-order valence-electron chi connectivity index (χ4n) is 2.65.